The first-order valence-electron chi connectivity index (χ1n) is 11.8. The first-order chi connectivity index (χ1) is 17.7. The van der Waals surface area contributed by atoms with Crippen LogP contribution in [0.4, 0.5) is 5.69 Å². The van der Waals surface area contributed by atoms with E-state index in [0.29, 0.717) is 11.8 Å². The second-order valence-electron chi connectivity index (χ2n) is 9.87. The molecule has 1 aliphatic heterocycles. The normalized spacial score (nSPS) is 28.6. The van der Waals surface area contributed by atoms with Gasteiger partial charge in [0, 0.05) is 23.3 Å². The number of nitro groups is 1. The first-order valence-corrected chi connectivity index (χ1v) is 12.5. The van der Waals surface area contributed by atoms with Crippen LogP contribution in [0, 0.1) is 45.6 Å². The molecule has 1 saturated heterocycles. The van der Waals surface area contributed by atoms with Gasteiger partial charge >= 0.3 is 0 Å². The van der Waals surface area contributed by atoms with Gasteiger partial charge in [0.2, 0.25) is 0 Å². The summed E-state index contributed by atoms with van der Waals surface area (Å²) in [6.07, 6.45) is 5.00. The Morgan fingerprint density at radius 2 is 1.59 bits per heavy atom. The number of Topliss-reactive ketones (excluding diaryl/α,β-unsaturated/α-hetero) is 1. The van der Waals surface area contributed by atoms with Crippen LogP contribution in [-0.2, 0) is 9.59 Å². The third kappa shape index (κ3) is 3.67. The highest BCUT2D eigenvalue weighted by Gasteiger charge is 2.68. The summed E-state index contributed by atoms with van der Waals surface area (Å²) in [6, 6.07) is 9.16. The zero-order valence-corrected chi connectivity index (χ0v) is 20.6. The lowest BCUT2D eigenvalue weighted by molar-refractivity contribution is -0.384. The van der Waals surface area contributed by atoms with Crippen molar-refractivity contribution < 1.29 is 24.1 Å². The minimum absolute atomic E-state index is 0.0272. The maximum Gasteiger partial charge on any atom is 0.273 e. The van der Waals surface area contributed by atoms with Crippen molar-refractivity contribution in [3.63, 3.8) is 0 Å². The van der Waals surface area contributed by atoms with Gasteiger partial charge in [0.1, 0.15) is 6.54 Å². The highest BCUT2D eigenvalue weighted by Crippen LogP contribution is 2.65. The predicted molar refractivity (Wildman–Crippen MR) is 131 cm³/mol. The third-order valence-electron chi connectivity index (χ3n) is 7.95. The Morgan fingerprint density at radius 1 is 0.946 bits per heavy atom. The molecular weight excluding hydrogens is 521 g/mol. The number of hydrogen-bond donors (Lipinski definition) is 0. The molecule has 11 heteroatoms. The van der Waals surface area contributed by atoms with E-state index in [1.54, 1.807) is 0 Å². The van der Waals surface area contributed by atoms with Crippen LogP contribution >= 0.6 is 23.2 Å². The Morgan fingerprint density at radius 3 is 2.19 bits per heavy atom. The quantitative estimate of drug-likeness (QED) is 0.178. The molecule has 0 spiro atoms. The summed E-state index contributed by atoms with van der Waals surface area (Å²) in [6.45, 7) is -0.674. The van der Waals surface area contributed by atoms with Crippen LogP contribution in [0.25, 0.3) is 0 Å². The number of carbonyl (C=O) groups excluding carboxylic acids is 4. The molecule has 5 aliphatic rings. The summed E-state index contributed by atoms with van der Waals surface area (Å²) in [5.41, 5.74) is -0.296. The van der Waals surface area contributed by atoms with E-state index < -0.39 is 46.8 Å². The molecule has 7 rings (SSSR count). The van der Waals surface area contributed by atoms with Gasteiger partial charge in [-0.2, -0.15) is 5.01 Å². The highest BCUT2D eigenvalue weighted by molar-refractivity contribution is 6.42. The van der Waals surface area contributed by atoms with Crippen LogP contribution < -0.4 is 0 Å². The van der Waals surface area contributed by atoms with Crippen LogP contribution in [0.3, 0.4) is 0 Å². The number of imide groups is 1. The Labute approximate surface area is 220 Å². The maximum atomic E-state index is 13.7. The molecule has 9 nitrogen and oxygen atoms in total. The predicted octanol–water partition coefficient (Wildman–Crippen LogP) is 4.19. The van der Waals surface area contributed by atoms with Crippen LogP contribution in [0.1, 0.15) is 27.1 Å². The summed E-state index contributed by atoms with van der Waals surface area (Å²) in [7, 11) is 0. The van der Waals surface area contributed by atoms with Crippen molar-refractivity contribution in [2.45, 2.75) is 6.42 Å². The van der Waals surface area contributed by atoms with E-state index in [4.69, 9.17) is 23.2 Å². The topological polar surface area (TPSA) is 118 Å². The summed E-state index contributed by atoms with van der Waals surface area (Å²) in [5.74, 6) is -3.07. The molecule has 2 aromatic rings. The lowest BCUT2D eigenvalue weighted by Gasteiger charge is -2.37. The summed E-state index contributed by atoms with van der Waals surface area (Å²) in [5, 5.41) is 13.1. The van der Waals surface area contributed by atoms with Crippen molar-refractivity contribution in [3.05, 3.63) is 85.9 Å². The zero-order chi connectivity index (χ0) is 26.2. The number of ketones is 1. The van der Waals surface area contributed by atoms with Gasteiger partial charge in [-0.3, -0.25) is 29.3 Å². The first kappa shape index (κ1) is 23.8. The number of nitrogens with zero attached hydrogens (tertiary/aromatic N) is 3. The molecule has 2 bridgehead atoms. The molecule has 0 radical (unpaired) electrons. The number of rotatable bonds is 6. The molecule has 2 aromatic carbocycles. The summed E-state index contributed by atoms with van der Waals surface area (Å²) < 4.78 is 0. The monoisotopic (exact) mass is 539 g/mol. The number of non-ortho nitro benzene ring substituents is 1. The number of allylic oxidation sites excluding steroid dienone is 2. The molecule has 0 aromatic heterocycles. The van der Waals surface area contributed by atoms with Gasteiger partial charge in [-0.1, -0.05) is 47.5 Å². The summed E-state index contributed by atoms with van der Waals surface area (Å²) >= 11 is 12.1. The van der Waals surface area contributed by atoms with Crippen molar-refractivity contribution in [1.29, 1.82) is 0 Å². The largest absolute Gasteiger partial charge is 0.292 e. The lowest BCUT2D eigenvalue weighted by atomic mass is 9.63. The Bertz CT molecular complexity index is 1410. The maximum absolute atomic E-state index is 13.7. The average Bonchev–Trinajstić information content (AvgIpc) is 3.67. The van der Waals surface area contributed by atoms with E-state index in [0.717, 1.165) is 22.5 Å². The van der Waals surface area contributed by atoms with Gasteiger partial charge < -0.3 is 0 Å². The second-order valence-corrected chi connectivity index (χ2v) is 10.7. The van der Waals surface area contributed by atoms with E-state index in [1.165, 1.54) is 36.4 Å². The van der Waals surface area contributed by atoms with Gasteiger partial charge in [-0.05, 0) is 48.3 Å². The number of hydrogen-bond acceptors (Lipinski definition) is 6. The SMILES string of the molecule is O=C(CN(C(=O)c1ccc(Cl)c(Cl)c1)N1C(=O)[C@@H]2[C@H]3C=C[C@@H]([C@@H]4C[C@@H]34)[C@H]2C1=O)c1cccc([N+](=O)[O-])c1. The van der Waals surface area contributed by atoms with E-state index in [1.807, 2.05) is 12.2 Å². The van der Waals surface area contributed by atoms with E-state index in [-0.39, 0.29) is 38.7 Å². The summed E-state index contributed by atoms with van der Waals surface area (Å²) in [4.78, 5) is 64.9. The van der Waals surface area contributed by atoms with Gasteiger partial charge in [0.05, 0.1) is 26.8 Å². The molecule has 37 heavy (non-hydrogen) atoms. The smallest absolute Gasteiger partial charge is 0.273 e. The molecule has 0 N–H and O–H groups in total. The standard InChI is InChI=1S/C26H19Cl2N3O6/c27-19-7-4-13(9-20(19)28)24(33)29(11-21(32)12-2-1-3-14(8-12)31(36)37)30-25(34)22-15-5-6-16(18-10-17(15)18)23(22)26(30)35/h1-9,15-18,22-23H,10-11H2/t15-,16-,17-,18-,22+,23+/m0/s1. The molecule has 3 amide bonds. The third-order valence-corrected chi connectivity index (χ3v) is 8.69. The zero-order valence-electron chi connectivity index (χ0n) is 19.1. The number of benzene rings is 2. The number of nitro benzene ring substituents is 1. The highest BCUT2D eigenvalue weighted by atomic mass is 35.5. The van der Waals surface area contributed by atoms with Gasteiger partial charge in [0.15, 0.2) is 5.78 Å². The molecule has 188 valence electrons. The Hall–Kier alpha value is -3.56. The fourth-order valence-electron chi connectivity index (χ4n) is 6.21. The minimum atomic E-state index is -0.789. The number of hydrazine groups is 1. The Kier molecular flexibility index (Phi) is 5.47. The van der Waals surface area contributed by atoms with E-state index in [2.05, 4.69) is 0 Å². The second kappa shape index (κ2) is 8.49. The van der Waals surface area contributed by atoms with Gasteiger partial charge in [0.25, 0.3) is 23.4 Å². The van der Waals surface area contributed by atoms with Gasteiger partial charge in [-0.15, -0.1) is 0 Å². The van der Waals surface area contributed by atoms with Crippen LogP contribution in [0.5, 0.6) is 0 Å². The number of amides is 3. The molecule has 0 unspecified atom stereocenters. The van der Waals surface area contributed by atoms with Gasteiger partial charge in [-0.25, -0.2) is 5.01 Å². The van der Waals surface area contributed by atoms with Crippen LogP contribution in [-0.4, -0.2) is 45.0 Å². The van der Waals surface area contributed by atoms with Crippen LogP contribution in [0.2, 0.25) is 10.0 Å². The molecule has 6 atom stereocenters. The fraction of sp³-hybridized carbons (Fsp3) is 0.308. The van der Waals surface area contributed by atoms with E-state index >= 15 is 0 Å². The van der Waals surface area contributed by atoms with Crippen molar-refractivity contribution in [1.82, 2.24) is 10.0 Å². The van der Waals surface area contributed by atoms with Crippen molar-refractivity contribution in [2.24, 2.45) is 35.5 Å². The van der Waals surface area contributed by atoms with Crippen molar-refractivity contribution in [3.8, 4) is 0 Å². The molecule has 4 aliphatic carbocycles. The minimum Gasteiger partial charge on any atom is -0.292 e. The Balaban J connectivity index is 1.37. The lowest BCUT2D eigenvalue weighted by Crippen LogP contribution is -2.52. The average molecular weight is 540 g/mol. The van der Waals surface area contributed by atoms with Crippen molar-refractivity contribution in [2.75, 3.05) is 6.54 Å². The fourth-order valence-corrected chi connectivity index (χ4v) is 6.51. The molecular formula is C26H19Cl2N3O6. The number of carbonyl (C=O) groups is 4. The van der Waals surface area contributed by atoms with Crippen molar-refractivity contribution >= 4 is 52.4 Å². The van der Waals surface area contributed by atoms with Crippen LogP contribution in [0.15, 0.2) is 54.6 Å². The number of halogens is 2. The molecule has 2 saturated carbocycles. The molecule has 3 fully saturated rings. The van der Waals surface area contributed by atoms with E-state index in [9.17, 15) is 29.3 Å². The molecule has 1 heterocycles.